The standard InChI is InChI=1S/C26H34N4O5.ClH/c1-5-35-25(34)11-10-24(33)30(15-16(2)3)21-8-7-20(12-17(21)4)29-23(32)14-19-13-18(26(27)28)6-9-22(19)31;/h6-9,12-13,16,31H,5,10-11,14-15H2,1-4H3,(H3,27,28)(H,29,32);1H. The predicted molar refractivity (Wildman–Crippen MR) is 143 cm³/mol. The van der Waals surface area contributed by atoms with Crippen LogP contribution in [0.25, 0.3) is 0 Å². The Morgan fingerprint density at radius 2 is 1.83 bits per heavy atom. The molecule has 2 rings (SSSR count). The van der Waals surface area contributed by atoms with Crippen molar-refractivity contribution in [2.45, 2.75) is 47.0 Å². The molecule has 0 heterocycles. The molecule has 5 N–H and O–H groups in total. The number of benzene rings is 2. The van der Waals surface area contributed by atoms with Crippen LogP contribution in [0.5, 0.6) is 5.75 Å². The summed E-state index contributed by atoms with van der Waals surface area (Å²) in [5, 5.41) is 20.4. The quantitative estimate of drug-likeness (QED) is 0.201. The Kier molecular flexibility index (Phi) is 11.9. The highest BCUT2D eigenvalue weighted by atomic mass is 35.5. The van der Waals surface area contributed by atoms with E-state index in [4.69, 9.17) is 15.9 Å². The zero-order valence-corrected chi connectivity index (χ0v) is 21.9. The van der Waals surface area contributed by atoms with Crippen molar-refractivity contribution < 1.29 is 24.2 Å². The van der Waals surface area contributed by atoms with Gasteiger partial charge in [0.25, 0.3) is 0 Å². The number of hydrogen-bond donors (Lipinski definition) is 4. The zero-order valence-electron chi connectivity index (χ0n) is 21.1. The summed E-state index contributed by atoms with van der Waals surface area (Å²) in [5.74, 6) is -0.924. The Balaban J connectivity index is 0.00000648. The first-order chi connectivity index (χ1) is 16.5. The first-order valence-corrected chi connectivity index (χ1v) is 11.5. The smallest absolute Gasteiger partial charge is 0.306 e. The van der Waals surface area contributed by atoms with Gasteiger partial charge in [-0.05, 0) is 61.7 Å². The van der Waals surface area contributed by atoms with E-state index >= 15 is 0 Å². The molecule has 2 aromatic carbocycles. The Labute approximate surface area is 217 Å². The number of aromatic hydroxyl groups is 1. The molecule has 196 valence electrons. The van der Waals surface area contributed by atoms with Gasteiger partial charge in [0, 0.05) is 35.5 Å². The number of anilines is 2. The number of phenolic OH excluding ortho intramolecular Hbond substituents is 1. The van der Waals surface area contributed by atoms with Gasteiger partial charge in [0.1, 0.15) is 11.6 Å². The number of amides is 2. The number of halogens is 1. The van der Waals surface area contributed by atoms with E-state index in [1.807, 2.05) is 20.8 Å². The first-order valence-electron chi connectivity index (χ1n) is 11.5. The number of aryl methyl sites for hydroxylation is 1. The number of amidine groups is 1. The van der Waals surface area contributed by atoms with Gasteiger partial charge < -0.3 is 25.8 Å². The van der Waals surface area contributed by atoms with E-state index in [1.165, 1.54) is 18.2 Å². The third-order valence-electron chi connectivity index (χ3n) is 5.21. The molecule has 0 saturated carbocycles. The largest absolute Gasteiger partial charge is 0.508 e. The maximum Gasteiger partial charge on any atom is 0.306 e. The van der Waals surface area contributed by atoms with E-state index in [0.29, 0.717) is 29.0 Å². The van der Waals surface area contributed by atoms with Gasteiger partial charge in [-0.2, -0.15) is 0 Å². The Hall–Kier alpha value is -3.59. The molecule has 2 amide bonds. The first kappa shape index (κ1) is 30.4. The second kappa shape index (κ2) is 14.1. The zero-order chi connectivity index (χ0) is 26.1. The monoisotopic (exact) mass is 518 g/mol. The Morgan fingerprint density at radius 1 is 1.14 bits per heavy atom. The van der Waals surface area contributed by atoms with Crippen molar-refractivity contribution in [3.05, 3.63) is 53.1 Å². The minimum atomic E-state index is -0.403. The van der Waals surface area contributed by atoms with Crippen LogP contribution in [0.15, 0.2) is 36.4 Å². The number of hydrogen-bond acceptors (Lipinski definition) is 6. The lowest BCUT2D eigenvalue weighted by Crippen LogP contribution is -2.35. The van der Waals surface area contributed by atoms with Gasteiger partial charge >= 0.3 is 5.97 Å². The topological polar surface area (TPSA) is 146 Å². The van der Waals surface area contributed by atoms with Gasteiger partial charge in [-0.15, -0.1) is 12.4 Å². The van der Waals surface area contributed by atoms with Crippen LogP contribution < -0.4 is 16.0 Å². The number of phenols is 1. The van der Waals surface area contributed by atoms with E-state index in [1.54, 1.807) is 30.0 Å². The number of carbonyl (C=O) groups excluding carboxylic acids is 3. The molecule has 0 aliphatic rings. The summed E-state index contributed by atoms with van der Waals surface area (Å²) in [6.07, 6.45) is -0.0298. The summed E-state index contributed by atoms with van der Waals surface area (Å²) < 4.78 is 4.92. The minimum Gasteiger partial charge on any atom is -0.508 e. The van der Waals surface area contributed by atoms with Crippen LogP contribution in [-0.4, -0.2) is 41.9 Å². The summed E-state index contributed by atoms with van der Waals surface area (Å²) >= 11 is 0. The highest BCUT2D eigenvalue weighted by Gasteiger charge is 2.20. The van der Waals surface area contributed by atoms with Crippen molar-refractivity contribution in [1.82, 2.24) is 0 Å². The van der Waals surface area contributed by atoms with Gasteiger partial charge in [-0.3, -0.25) is 19.8 Å². The summed E-state index contributed by atoms with van der Waals surface area (Å²) in [6.45, 7) is 8.34. The molecule has 0 fully saturated rings. The molecule has 0 aliphatic carbocycles. The van der Waals surface area contributed by atoms with Crippen molar-refractivity contribution in [3.8, 4) is 5.75 Å². The summed E-state index contributed by atoms with van der Waals surface area (Å²) in [4.78, 5) is 38.8. The number of nitrogens with one attached hydrogen (secondary N) is 2. The molecule has 0 aromatic heterocycles. The molecule has 36 heavy (non-hydrogen) atoms. The third kappa shape index (κ3) is 8.88. The van der Waals surface area contributed by atoms with E-state index in [2.05, 4.69) is 5.32 Å². The lowest BCUT2D eigenvalue weighted by Gasteiger charge is -2.27. The van der Waals surface area contributed by atoms with Crippen LogP contribution in [0, 0.1) is 18.3 Å². The van der Waals surface area contributed by atoms with E-state index in [0.717, 1.165) is 5.56 Å². The molecule has 0 aliphatic heterocycles. The van der Waals surface area contributed by atoms with Crippen LogP contribution in [0.3, 0.4) is 0 Å². The molecular formula is C26H35ClN4O5. The van der Waals surface area contributed by atoms with Crippen molar-refractivity contribution in [1.29, 1.82) is 5.41 Å². The lowest BCUT2D eigenvalue weighted by molar-refractivity contribution is -0.144. The van der Waals surface area contributed by atoms with Gasteiger partial charge in [0.15, 0.2) is 0 Å². The van der Waals surface area contributed by atoms with Crippen molar-refractivity contribution >= 4 is 47.4 Å². The van der Waals surface area contributed by atoms with Gasteiger partial charge in [-0.1, -0.05) is 13.8 Å². The molecule has 0 bridgehead atoms. The average Bonchev–Trinajstić information content (AvgIpc) is 2.77. The SMILES string of the molecule is CCOC(=O)CCC(=O)N(CC(C)C)c1ccc(NC(=O)Cc2cc(C(=N)N)ccc2O)cc1C.Cl. The fourth-order valence-corrected chi connectivity index (χ4v) is 3.59. The fraction of sp³-hybridized carbons (Fsp3) is 0.385. The Morgan fingerprint density at radius 3 is 2.42 bits per heavy atom. The maximum absolute atomic E-state index is 12.9. The number of nitrogens with two attached hydrogens (primary N) is 1. The number of ether oxygens (including phenoxy) is 1. The summed E-state index contributed by atoms with van der Waals surface area (Å²) in [5.41, 5.74) is 8.31. The van der Waals surface area contributed by atoms with E-state index < -0.39 is 5.97 Å². The number of nitrogen functional groups attached to an aromatic ring is 1. The summed E-state index contributed by atoms with van der Waals surface area (Å²) in [7, 11) is 0. The highest BCUT2D eigenvalue weighted by molar-refractivity contribution is 5.98. The molecule has 2 aromatic rings. The lowest BCUT2D eigenvalue weighted by atomic mass is 10.1. The third-order valence-corrected chi connectivity index (χ3v) is 5.21. The maximum atomic E-state index is 12.9. The number of nitrogens with zero attached hydrogens (tertiary/aromatic N) is 1. The number of rotatable bonds is 11. The van der Waals surface area contributed by atoms with Crippen LogP contribution in [-0.2, 0) is 25.5 Å². The number of carbonyl (C=O) groups is 3. The van der Waals surface area contributed by atoms with Gasteiger partial charge in [-0.25, -0.2) is 0 Å². The van der Waals surface area contributed by atoms with E-state index in [-0.39, 0.29) is 67.6 Å². The minimum absolute atomic E-state index is 0. The van der Waals surface area contributed by atoms with Crippen LogP contribution in [0.1, 0.15) is 50.3 Å². The van der Waals surface area contributed by atoms with E-state index in [9.17, 15) is 19.5 Å². The van der Waals surface area contributed by atoms with Gasteiger partial charge in [0.05, 0.1) is 19.4 Å². The number of esters is 1. The van der Waals surface area contributed by atoms with Crippen molar-refractivity contribution in [2.24, 2.45) is 11.7 Å². The highest BCUT2D eigenvalue weighted by Crippen LogP contribution is 2.26. The predicted octanol–water partition coefficient (Wildman–Crippen LogP) is 3.92. The second-order valence-electron chi connectivity index (χ2n) is 8.69. The second-order valence-corrected chi connectivity index (χ2v) is 8.69. The molecule has 0 radical (unpaired) electrons. The van der Waals surface area contributed by atoms with Crippen LogP contribution >= 0.6 is 12.4 Å². The molecule has 9 nitrogen and oxygen atoms in total. The molecule has 0 saturated heterocycles. The van der Waals surface area contributed by atoms with Crippen LogP contribution in [0.4, 0.5) is 11.4 Å². The van der Waals surface area contributed by atoms with Crippen molar-refractivity contribution in [3.63, 3.8) is 0 Å². The van der Waals surface area contributed by atoms with Crippen LogP contribution in [0.2, 0.25) is 0 Å². The normalized spacial score (nSPS) is 10.4. The van der Waals surface area contributed by atoms with Crippen molar-refractivity contribution in [2.75, 3.05) is 23.4 Å². The summed E-state index contributed by atoms with van der Waals surface area (Å²) in [6, 6.07) is 9.67. The average molecular weight is 519 g/mol. The molecular weight excluding hydrogens is 484 g/mol. The molecule has 10 heteroatoms. The van der Waals surface area contributed by atoms with Gasteiger partial charge in [0.2, 0.25) is 11.8 Å². The molecule has 0 unspecified atom stereocenters. The molecule has 0 atom stereocenters. The molecule has 0 spiro atoms. The fourth-order valence-electron chi connectivity index (χ4n) is 3.59. The Bertz CT molecular complexity index is 1100.